The molecule has 3 nitrogen and oxygen atoms in total. The second-order valence-electron chi connectivity index (χ2n) is 5.06. The summed E-state index contributed by atoms with van der Waals surface area (Å²) < 4.78 is 0. The van der Waals surface area contributed by atoms with Crippen LogP contribution < -0.4 is 10.6 Å². The van der Waals surface area contributed by atoms with E-state index >= 15 is 0 Å². The third kappa shape index (κ3) is 2.99. The first kappa shape index (κ1) is 12.4. The van der Waals surface area contributed by atoms with Gasteiger partial charge in [-0.25, -0.2) is 0 Å². The van der Waals surface area contributed by atoms with Crippen LogP contribution >= 0.6 is 0 Å². The zero-order chi connectivity index (χ0) is 12.3. The largest absolute Gasteiger partial charge is 0.370 e. The van der Waals surface area contributed by atoms with Crippen LogP contribution in [-0.4, -0.2) is 38.6 Å². The summed E-state index contributed by atoms with van der Waals surface area (Å²) in [5.41, 5.74) is 9.83. The minimum Gasteiger partial charge on any atom is -0.370 e. The van der Waals surface area contributed by atoms with E-state index < -0.39 is 0 Å². The zero-order valence-electron chi connectivity index (χ0n) is 10.9. The fourth-order valence-corrected chi connectivity index (χ4v) is 2.41. The normalized spacial score (nSPS) is 15.2. The van der Waals surface area contributed by atoms with Gasteiger partial charge in [0.1, 0.15) is 0 Å². The maximum absolute atomic E-state index is 5.70. The number of anilines is 1. The fraction of sp³-hybridized carbons (Fsp3) is 0.571. The van der Waals surface area contributed by atoms with Gasteiger partial charge in [0.25, 0.3) is 0 Å². The van der Waals surface area contributed by atoms with Crippen molar-refractivity contribution in [3.05, 3.63) is 29.3 Å². The molecule has 0 aromatic heterocycles. The Balaban J connectivity index is 2.14. The van der Waals surface area contributed by atoms with Crippen molar-refractivity contribution >= 4 is 5.69 Å². The van der Waals surface area contributed by atoms with Gasteiger partial charge in [-0.3, -0.25) is 0 Å². The summed E-state index contributed by atoms with van der Waals surface area (Å²) in [7, 11) is 4.25. The molecule has 1 aromatic carbocycles. The number of aryl methyl sites for hydroxylation is 1. The monoisotopic (exact) mass is 233 g/mol. The average Bonchev–Trinajstić information content (AvgIpc) is 2.35. The molecule has 0 saturated carbocycles. The van der Waals surface area contributed by atoms with Gasteiger partial charge < -0.3 is 15.5 Å². The quantitative estimate of drug-likeness (QED) is 0.854. The lowest BCUT2D eigenvalue weighted by molar-refractivity contribution is 0.411. The van der Waals surface area contributed by atoms with E-state index in [-0.39, 0.29) is 0 Å². The van der Waals surface area contributed by atoms with Crippen LogP contribution in [0, 0.1) is 0 Å². The van der Waals surface area contributed by atoms with Crippen molar-refractivity contribution in [3.8, 4) is 0 Å². The Bertz CT molecular complexity index is 374. The van der Waals surface area contributed by atoms with Gasteiger partial charge in [0.05, 0.1) is 0 Å². The Hall–Kier alpha value is -1.06. The van der Waals surface area contributed by atoms with Gasteiger partial charge in [-0.15, -0.1) is 0 Å². The van der Waals surface area contributed by atoms with E-state index in [2.05, 4.69) is 42.1 Å². The lowest BCUT2D eigenvalue weighted by Gasteiger charge is -2.32. The molecular formula is C14H23N3. The highest BCUT2D eigenvalue weighted by Crippen LogP contribution is 2.27. The van der Waals surface area contributed by atoms with Crippen LogP contribution in [0.25, 0.3) is 0 Å². The first-order chi connectivity index (χ1) is 8.20. The van der Waals surface area contributed by atoms with Crippen molar-refractivity contribution in [1.29, 1.82) is 0 Å². The van der Waals surface area contributed by atoms with Gasteiger partial charge in [-0.2, -0.15) is 0 Å². The molecule has 17 heavy (non-hydrogen) atoms. The number of nitrogens with two attached hydrogens (primary N) is 1. The molecule has 0 unspecified atom stereocenters. The van der Waals surface area contributed by atoms with Crippen LogP contribution in [0.5, 0.6) is 0 Å². The van der Waals surface area contributed by atoms with E-state index in [4.69, 9.17) is 5.73 Å². The second kappa shape index (κ2) is 5.52. The Kier molecular flexibility index (Phi) is 4.02. The third-order valence-corrected chi connectivity index (χ3v) is 3.41. The minimum absolute atomic E-state index is 0.644. The van der Waals surface area contributed by atoms with Gasteiger partial charge in [0.2, 0.25) is 0 Å². The van der Waals surface area contributed by atoms with Crippen LogP contribution in [-0.2, 0) is 13.0 Å². The summed E-state index contributed by atoms with van der Waals surface area (Å²) >= 11 is 0. The van der Waals surface area contributed by atoms with Crippen molar-refractivity contribution in [1.82, 2.24) is 4.90 Å². The van der Waals surface area contributed by atoms with Crippen molar-refractivity contribution < 1.29 is 0 Å². The molecule has 0 radical (unpaired) electrons. The predicted octanol–water partition coefficient (Wildman–Crippen LogP) is 1.46. The number of rotatable bonds is 4. The molecule has 1 aliphatic heterocycles. The highest BCUT2D eigenvalue weighted by Gasteiger charge is 2.16. The van der Waals surface area contributed by atoms with Crippen molar-refractivity contribution in [3.63, 3.8) is 0 Å². The lowest BCUT2D eigenvalue weighted by atomic mass is 9.99. The van der Waals surface area contributed by atoms with Gasteiger partial charge >= 0.3 is 0 Å². The SMILES string of the molecule is CN(C)CCN1CCCc2cc(CN)ccc21. The van der Waals surface area contributed by atoms with Gasteiger partial charge in [0, 0.05) is 31.9 Å². The Labute approximate surface area is 104 Å². The molecule has 0 bridgehead atoms. The highest BCUT2D eigenvalue weighted by atomic mass is 15.2. The standard InChI is InChI=1S/C14H23N3/c1-16(2)8-9-17-7-3-4-13-10-12(11-15)5-6-14(13)17/h5-6,10H,3-4,7-9,11,15H2,1-2H3. The van der Waals surface area contributed by atoms with E-state index in [9.17, 15) is 0 Å². The van der Waals surface area contributed by atoms with E-state index in [0.29, 0.717) is 6.54 Å². The fourth-order valence-electron chi connectivity index (χ4n) is 2.41. The molecule has 1 heterocycles. The van der Waals surface area contributed by atoms with E-state index in [1.165, 1.54) is 36.2 Å². The summed E-state index contributed by atoms with van der Waals surface area (Å²) in [4.78, 5) is 4.74. The number of benzene rings is 1. The molecule has 3 heteroatoms. The van der Waals surface area contributed by atoms with Gasteiger partial charge in [0.15, 0.2) is 0 Å². The summed E-state index contributed by atoms with van der Waals surface area (Å²) in [6, 6.07) is 6.68. The second-order valence-corrected chi connectivity index (χ2v) is 5.06. The molecule has 2 rings (SSSR count). The lowest BCUT2D eigenvalue weighted by Crippen LogP contribution is -2.35. The summed E-state index contributed by atoms with van der Waals surface area (Å²) in [6.45, 7) is 4.05. The molecule has 94 valence electrons. The summed E-state index contributed by atoms with van der Waals surface area (Å²) in [5.74, 6) is 0. The van der Waals surface area contributed by atoms with E-state index in [1.807, 2.05) is 0 Å². The van der Waals surface area contributed by atoms with Crippen molar-refractivity contribution in [2.45, 2.75) is 19.4 Å². The minimum atomic E-state index is 0.644. The molecule has 1 aromatic rings. The molecular weight excluding hydrogens is 210 g/mol. The maximum atomic E-state index is 5.70. The van der Waals surface area contributed by atoms with Crippen LogP contribution in [0.4, 0.5) is 5.69 Å². The van der Waals surface area contributed by atoms with Crippen molar-refractivity contribution in [2.24, 2.45) is 5.73 Å². The predicted molar refractivity (Wildman–Crippen MR) is 73.4 cm³/mol. The average molecular weight is 233 g/mol. The van der Waals surface area contributed by atoms with Crippen LogP contribution in [0.3, 0.4) is 0 Å². The Morgan fingerprint density at radius 3 is 2.88 bits per heavy atom. The molecule has 2 N–H and O–H groups in total. The number of fused-ring (bicyclic) bond motifs is 1. The molecule has 1 aliphatic rings. The molecule has 0 aliphatic carbocycles. The third-order valence-electron chi connectivity index (χ3n) is 3.41. The number of likely N-dealkylation sites (N-methyl/N-ethyl adjacent to an activating group) is 1. The maximum Gasteiger partial charge on any atom is 0.0399 e. The molecule has 0 saturated heterocycles. The van der Waals surface area contributed by atoms with Crippen LogP contribution in [0.1, 0.15) is 17.5 Å². The van der Waals surface area contributed by atoms with E-state index in [0.717, 1.165) is 13.1 Å². The van der Waals surface area contributed by atoms with Crippen LogP contribution in [0.2, 0.25) is 0 Å². The first-order valence-corrected chi connectivity index (χ1v) is 6.42. The molecule has 0 fully saturated rings. The molecule has 0 spiro atoms. The van der Waals surface area contributed by atoms with Gasteiger partial charge in [-0.05, 0) is 44.1 Å². The van der Waals surface area contributed by atoms with Crippen LogP contribution in [0.15, 0.2) is 18.2 Å². The Morgan fingerprint density at radius 2 is 2.18 bits per heavy atom. The number of hydrogen-bond acceptors (Lipinski definition) is 3. The van der Waals surface area contributed by atoms with Gasteiger partial charge in [-0.1, -0.05) is 12.1 Å². The number of nitrogens with zero attached hydrogens (tertiary/aromatic N) is 2. The smallest absolute Gasteiger partial charge is 0.0399 e. The summed E-state index contributed by atoms with van der Waals surface area (Å²) in [6.07, 6.45) is 2.45. The zero-order valence-corrected chi connectivity index (χ0v) is 10.9. The highest BCUT2D eigenvalue weighted by molar-refractivity contribution is 5.56. The topological polar surface area (TPSA) is 32.5 Å². The summed E-state index contributed by atoms with van der Waals surface area (Å²) in [5, 5.41) is 0. The molecule has 0 atom stereocenters. The first-order valence-electron chi connectivity index (χ1n) is 6.42. The Morgan fingerprint density at radius 1 is 1.35 bits per heavy atom. The number of hydrogen-bond donors (Lipinski definition) is 1. The van der Waals surface area contributed by atoms with E-state index in [1.54, 1.807) is 0 Å². The molecule has 0 amide bonds. The van der Waals surface area contributed by atoms with Crippen molar-refractivity contribution in [2.75, 3.05) is 38.6 Å².